The molecule has 0 aliphatic carbocycles. The van der Waals surface area contributed by atoms with E-state index in [0.29, 0.717) is 17.5 Å². The molecule has 0 heterocycles. The van der Waals surface area contributed by atoms with Crippen molar-refractivity contribution in [1.29, 1.82) is 0 Å². The highest BCUT2D eigenvalue weighted by molar-refractivity contribution is 5.92. The van der Waals surface area contributed by atoms with E-state index >= 15 is 0 Å². The van der Waals surface area contributed by atoms with Crippen molar-refractivity contribution in [1.82, 2.24) is 15.5 Å². The number of aromatic hydroxyl groups is 1. The van der Waals surface area contributed by atoms with Gasteiger partial charge in [0.1, 0.15) is 23.4 Å². The van der Waals surface area contributed by atoms with Crippen LogP contribution in [-0.4, -0.2) is 65.2 Å². The Kier molecular flexibility index (Phi) is 12.6. The van der Waals surface area contributed by atoms with Gasteiger partial charge in [0, 0.05) is 19.5 Å². The van der Waals surface area contributed by atoms with Gasteiger partial charge in [0.05, 0.1) is 13.0 Å². The normalized spacial score (nSPS) is 12.5. The molecule has 0 aliphatic rings. The number of phenols is 1. The van der Waals surface area contributed by atoms with Crippen LogP contribution in [0, 0.1) is 6.92 Å². The van der Waals surface area contributed by atoms with Crippen LogP contribution in [0.25, 0.3) is 0 Å². The monoisotopic (exact) mass is 569 g/mol. The molecule has 2 unspecified atom stereocenters. The highest BCUT2D eigenvalue weighted by Crippen LogP contribution is 2.24. The lowest BCUT2D eigenvalue weighted by atomic mass is 9.99. The lowest BCUT2D eigenvalue weighted by molar-refractivity contribution is -0.144. The average Bonchev–Trinajstić information content (AvgIpc) is 2.89. The molecule has 2 atom stereocenters. The number of carbonyl (C=O) groups is 4. The molecule has 3 N–H and O–H groups in total. The number of nitrogens with zero attached hydrogens (tertiary/aromatic N) is 1. The molecule has 0 radical (unpaired) electrons. The van der Waals surface area contributed by atoms with Gasteiger partial charge in [-0.2, -0.15) is 0 Å². The third-order valence-corrected chi connectivity index (χ3v) is 6.00. The summed E-state index contributed by atoms with van der Waals surface area (Å²) in [5, 5.41) is 15.2. The minimum atomic E-state index is -1.07. The Bertz CT molecular complexity index is 1160. The molecular weight excluding hydrogens is 526 g/mol. The highest BCUT2D eigenvalue weighted by atomic mass is 16.6. The maximum Gasteiger partial charge on any atom is 0.408 e. The summed E-state index contributed by atoms with van der Waals surface area (Å²) < 4.78 is 10.4. The van der Waals surface area contributed by atoms with Crippen LogP contribution in [0.15, 0.2) is 48.5 Å². The Hall–Kier alpha value is -4.08. The summed E-state index contributed by atoms with van der Waals surface area (Å²) in [7, 11) is 0. The molecule has 0 saturated carbocycles. The van der Waals surface area contributed by atoms with E-state index in [-0.39, 0.29) is 38.3 Å². The smallest absolute Gasteiger partial charge is 0.408 e. The van der Waals surface area contributed by atoms with Gasteiger partial charge in [-0.3, -0.25) is 14.4 Å². The number of benzene rings is 2. The number of rotatable bonds is 13. The maximum absolute atomic E-state index is 14.2. The molecule has 41 heavy (non-hydrogen) atoms. The number of hydrogen-bond acceptors (Lipinski definition) is 7. The second-order valence-electron chi connectivity index (χ2n) is 10.8. The van der Waals surface area contributed by atoms with Crippen LogP contribution in [0.2, 0.25) is 0 Å². The predicted molar refractivity (Wildman–Crippen MR) is 155 cm³/mol. The standard InChI is InChI=1S/C31H43N3O7/c1-7-19-34(27(23-13-9-21(3)10-14-23)28(37)32-18-17-26(36)40-8-2)29(38)25(33-30(39)41-31(4,5)6)20-22-11-15-24(35)16-12-22/h9-16,25,27,35H,7-8,17-20H2,1-6H3,(H,32,37)(H,33,39). The number of hydrogen-bond donors (Lipinski definition) is 3. The van der Waals surface area contributed by atoms with Crippen molar-refractivity contribution in [2.24, 2.45) is 0 Å². The van der Waals surface area contributed by atoms with E-state index in [1.165, 1.54) is 17.0 Å². The van der Waals surface area contributed by atoms with E-state index in [4.69, 9.17) is 9.47 Å². The molecule has 10 nitrogen and oxygen atoms in total. The number of carbonyl (C=O) groups excluding carboxylic acids is 4. The van der Waals surface area contributed by atoms with Crippen molar-refractivity contribution in [3.05, 3.63) is 65.2 Å². The lowest BCUT2D eigenvalue weighted by Gasteiger charge is -2.34. The van der Waals surface area contributed by atoms with Crippen molar-refractivity contribution in [3.63, 3.8) is 0 Å². The molecule has 224 valence electrons. The van der Waals surface area contributed by atoms with Gasteiger partial charge in [-0.25, -0.2) is 4.79 Å². The fraction of sp³-hybridized carbons (Fsp3) is 0.484. The summed E-state index contributed by atoms with van der Waals surface area (Å²) in [5.41, 5.74) is 1.48. The molecule has 2 aromatic rings. The molecule has 0 fully saturated rings. The van der Waals surface area contributed by atoms with Crippen LogP contribution in [-0.2, 0) is 30.3 Å². The minimum absolute atomic E-state index is 0.00833. The first kappa shape index (κ1) is 33.1. The van der Waals surface area contributed by atoms with Crippen LogP contribution in [0.3, 0.4) is 0 Å². The van der Waals surface area contributed by atoms with E-state index in [0.717, 1.165) is 5.56 Å². The zero-order chi connectivity index (χ0) is 30.6. The molecule has 2 rings (SSSR count). The zero-order valence-electron chi connectivity index (χ0n) is 24.9. The lowest BCUT2D eigenvalue weighted by Crippen LogP contribution is -2.54. The molecule has 0 aromatic heterocycles. The summed E-state index contributed by atoms with van der Waals surface area (Å²) in [6.45, 7) is 11.2. The third kappa shape index (κ3) is 11.1. The molecule has 0 aliphatic heterocycles. The largest absolute Gasteiger partial charge is 0.508 e. The first-order chi connectivity index (χ1) is 19.3. The van der Waals surface area contributed by atoms with Gasteiger partial charge in [0.2, 0.25) is 11.8 Å². The van der Waals surface area contributed by atoms with E-state index in [1.54, 1.807) is 52.0 Å². The Morgan fingerprint density at radius 1 is 0.976 bits per heavy atom. The van der Waals surface area contributed by atoms with Crippen LogP contribution >= 0.6 is 0 Å². The van der Waals surface area contributed by atoms with E-state index in [1.807, 2.05) is 26.0 Å². The van der Waals surface area contributed by atoms with Gasteiger partial charge in [0.25, 0.3) is 0 Å². The summed E-state index contributed by atoms with van der Waals surface area (Å²) in [5.74, 6) is -1.29. The number of amides is 3. The topological polar surface area (TPSA) is 134 Å². The van der Waals surface area contributed by atoms with Crippen molar-refractivity contribution < 1.29 is 33.8 Å². The summed E-state index contributed by atoms with van der Waals surface area (Å²) in [6.07, 6.45) is -0.130. The van der Waals surface area contributed by atoms with E-state index in [9.17, 15) is 24.3 Å². The van der Waals surface area contributed by atoms with Gasteiger partial charge < -0.3 is 30.1 Å². The molecule has 0 bridgehead atoms. The Morgan fingerprint density at radius 2 is 1.61 bits per heavy atom. The first-order valence-electron chi connectivity index (χ1n) is 13.9. The number of phenolic OH excluding ortho intramolecular Hbond substituents is 1. The SMILES string of the molecule is CCCN(C(=O)C(Cc1ccc(O)cc1)NC(=O)OC(C)(C)C)C(C(=O)NCCC(=O)OCC)c1ccc(C)cc1. The van der Waals surface area contributed by atoms with Gasteiger partial charge in [-0.1, -0.05) is 48.9 Å². The van der Waals surface area contributed by atoms with Crippen molar-refractivity contribution in [2.45, 2.75) is 78.5 Å². The van der Waals surface area contributed by atoms with Crippen molar-refractivity contribution in [2.75, 3.05) is 19.7 Å². The van der Waals surface area contributed by atoms with E-state index in [2.05, 4.69) is 10.6 Å². The number of esters is 1. The van der Waals surface area contributed by atoms with Gasteiger partial charge in [-0.15, -0.1) is 0 Å². The van der Waals surface area contributed by atoms with Gasteiger partial charge in [-0.05, 0) is 64.3 Å². The number of nitrogens with one attached hydrogen (secondary N) is 2. The summed E-state index contributed by atoms with van der Waals surface area (Å²) in [6, 6.07) is 11.5. The zero-order valence-corrected chi connectivity index (χ0v) is 24.9. The summed E-state index contributed by atoms with van der Waals surface area (Å²) in [4.78, 5) is 53.9. The van der Waals surface area contributed by atoms with Gasteiger partial charge in [0.15, 0.2) is 0 Å². The third-order valence-electron chi connectivity index (χ3n) is 6.00. The van der Waals surface area contributed by atoms with E-state index < -0.39 is 41.6 Å². The summed E-state index contributed by atoms with van der Waals surface area (Å²) >= 11 is 0. The van der Waals surface area contributed by atoms with Gasteiger partial charge >= 0.3 is 12.1 Å². The van der Waals surface area contributed by atoms with Crippen LogP contribution in [0.5, 0.6) is 5.75 Å². The van der Waals surface area contributed by atoms with Crippen LogP contribution in [0.4, 0.5) is 4.79 Å². The molecule has 2 aromatic carbocycles. The molecule has 3 amide bonds. The highest BCUT2D eigenvalue weighted by Gasteiger charge is 2.36. The molecule has 0 spiro atoms. The fourth-order valence-electron chi connectivity index (χ4n) is 4.16. The number of aryl methyl sites for hydroxylation is 1. The predicted octanol–water partition coefficient (Wildman–Crippen LogP) is 4.19. The van der Waals surface area contributed by atoms with Crippen LogP contribution < -0.4 is 10.6 Å². The maximum atomic E-state index is 14.2. The first-order valence-corrected chi connectivity index (χ1v) is 13.9. The number of alkyl carbamates (subject to hydrolysis) is 1. The van der Waals surface area contributed by atoms with Crippen molar-refractivity contribution in [3.8, 4) is 5.75 Å². The second-order valence-corrected chi connectivity index (χ2v) is 10.8. The molecular formula is C31H43N3O7. The number of ether oxygens (including phenoxy) is 2. The Balaban J connectivity index is 2.45. The fourth-order valence-corrected chi connectivity index (χ4v) is 4.16. The average molecular weight is 570 g/mol. The Labute approximate surface area is 242 Å². The molecule has 10 heteroatoms. The molecule has 0 saturated heterocycles. The van der Waals surface area contributed by atoms with Crippen molar-refractivity contribution >= 4 is 23.9 Å². The van der Waals surface area contributed by atoms with Crippen LogP contribution in [0.1, 0.15) is 70.2 Å². The Morgan fingerprint density at radius 3 is 2.17 bits per heavy atom. The minimum Gasteiger partial charge on any atom is -0.508 e. The second kappa shape index (κ2) is 15.6. The quantitative estimate of drug-likeness (QED) is 0.308.